The van der Waals surface area contributed by atoms with Crippen molar-refractivity contribution in [3.63, 3.8) is 0 Å². The second-order valence-corrected chi connectivity index (χ2v) is 7.61. The highest BCUT2D eigenvalue weighted by molar-refractivity contribution is 6.00. The van der Waals surface area contributed by atoms with E-state index in [0.717, 1.165) is 41.4 Å². The molecule has 0 amide bonds. The zero-order valence-corrected chi connectivity index (χ0v) is 15.3. The molecule has 28 heavy (non-hydrogen) atoms. The van der Waals surface area contributed by atoms with Crippen LogP contribution < -0.4 is 4.90 Å². The number of aromatic amines is 1. The summed E-state index contributed by atoms with van der Waals surface area (Å²) in [6.45, 7) is 1.87. The van der Waals surface area contributed by atoms with Crippen LogP contribution in [0.4, 0.5) is 5.69 Å². The Bertz CT molecular complexity index is 1200. The second kappa shape index (κ2) is 5.94. The van der Waals surface area contributed by atoms with Gasteiger partial charge >= 0.3 is 0 Å². The molecule has 4 aromatic rings. The van der Waals surface area contributed by atoms with Crippen LogP contribution in [0.3, 0.4) is 0 Å². The van der Waals surface area contributed by atoms with Gasteiger partial charge in [-0.25, -0.2) is 4.98 Å². The summed E-state index contributed by atoms with van der Waals surface area (Å²) < 4.78 is 6.00. The van der Waals surface area contributed by atoms with Gasteiger partial charge in [-0.15, -0.1) is 0 Å². The fourth-order valence-corrected chi connectivity index (χ4v) is 4.75. The van der Waals surface area contributed by atoms with E-state index < -0.39 is 0 Å². The van der Waals surface area contributed by atoms with Gasteiger partial charge in [-0.3, -0.25) is 4.98 Å². The largest absolute Gasteiger partial charge is 0.494 e. The van der Waals surface area contributed by atoms with Crippen molar-refractivity contribution in [3.05, 3.63) is 48.8 Å². The predicted molar refractivity (Wildman–Crippen MR) is 108 cm³/mol. The van der Waals surface area contributed by atoms with Gasteiger partial charge in [0.1, 0.15) is 11.9 Å². The van der Waals surface area contributed by atoms with Crippen LogP contribution in [0.15, 0.2) is 48.8 Å². The third kappa shape index (κ3) is 2.24. The molecular weight excluding hydrogens is 352 g/mol. The lowest BCUT2D eigenvalue weighted by Crippen LogP contribution is -2.31. The van der Waals surface area contributed by atoms with Crippen molar-refractivity contribution >= 4 is 27.5 Å². The molecule has 2 aliphatic rings. The van der Waals surface area contributed by atoms with Crippen LogP contribution in [0.2, 0.25) is 0 Å². The number of nitrogens with one attached hydrogen (secondary N) is 1. The van der Waals surface area contributed by atoms with E-state index in [4.69, 9.17) is 9.72 Å². The number of ether oxygens (including phenoxy) is 1. The van der Waals surface area contributed by atoms with Gasteiger partial charge in [-0.2, -0.15) is 0 Å². The summed E-state index contributed by atoms with van der Waals surface area (Å²) in [7, 11) is 0. The van der Waals surface area contributed by atoms with Crippen molar-refractivity contribution in [3.8, 4) is 17.1 Å². The van der Waals surface area contributed by atoms with E-state index >= 15 is 0 Å². The van der Waals surface area contributed by atoms with Gasteiger partial charge in [0, 0.05) is 47.9 Å². The van der Waals surface area contributed by atoms with Crippen LogP contribution >= 0.6 is 0 Å². The number of fused-ring (bicyclic) bond motifs is 3. The molecule has 2 fully saturated rings. The molecule has 0 saturated carbocycles. The molecule has 3 aromatic heterocycles. The molecule has 2 atom stereocenters. The lowest BCUT2D eigenvalue weighted by atomic mass is 10.1. The number of pyridine rings is 2. The Morgan fingerprint density at radius 2 is 2.07 bits per heavy atom. The predicted octanol–water partition coefficient (Wildman–Crippen LogP) is 4.06. The van der Waals surface area contributed by atoms with Crippen molar-refractivity contribution in [1.82, 2.24) is 15.0 Å². The summed E-state index contributed by atoms with van der Waals surface area (Å²) in [6, 6.07) is 12.2. The Labute approximate surface area is 161 Å². The van der Waals surface area contributed by atoms with Crippen LogP contribution in [0, 0.1) is 5.92 Å². The lowest BCUT2D eigenvalue weighted by Gasteiger charge is -2.26. The highest BCUT2D eigenvalue weighted by Crippen LogP contribution is 2.41. The summed E-state index contributed by atoms with van der Waals surface area (Å²) in [6.07, 6.45) is 6.15. The normalized spacial score (nSPS) is 21.6. The maximum Gasteiger partial charge on any atom is 0.200 e. The van der Waals surface area contributed by atoms with Crippen LogP contribution in [0.25, 0.3) is 33.1 Å². The van der Waals surface area contributed by atoms with Gasteiger partial charge in [-0.05, 0) is 42.5 Å². The molecule has 0 aliphatic carbocycles. The number of benzene rings is 1. The van der Waals surface area contributed by atoms with E-state index in [1.807, 2.05) is 24.4 Å². The fourth-order valence-electron chi connectivity index (χ4n) is 4.75. The first-order chi connectivity index (χ1) is 13.8. The van der Waals surface area contributed by atoms with Crippen molar-refractivity contribution in [2.75, 3.05) is 18.1 Å². The number of hydrogen-bond acceptors (Lipinski definition) is 5. The van der Waals surface area contributed by atoms with E-state index in [9.17, 15) is 5.11 Å². The zero-order valence-electron chi connectivity index (χ0n) is 15.3. The smallest absolute Gasteiger partial charge is 0.200 e. The van der Waals surface area contributed by atoms with Crippen molar-refractivity contribution in [2.24, 2.45) is 5.92 Å². The van der Waals surface area contributed by atoms with Gasteiger partial charge in [-0.1, -0.05) is 12.1 Å². The standard InChI is InChI=1S/C22H20N4O2/c27-21-19(15-4-2-8-23-20(15)25-21)17-11-14-3-1-5-18(16(14)12-24-17)26-9-6-13-7-10-28-22(13)26/h1-5,8,11-13,22,27H,6-7,9-10H2,(H,23,25). The van der Waals surface area contributed by atoms with Crippen LogP contribution in [0.5, 0.6) is 5.88 Å². The Kier molecular flexibility index (Phi) is 3.37. The van der Waals surface area contributed by atoms with E-state index in [-0.39, 0.29) is 12.1 Å². The maximum atomic E-state index is 10.4. The first-order valence-electron chi connectivity index (χ1n) is 9.72. The number of rotatable bonds is 2. The van der Waals surface area contributed by atoms with E-state index in [1.54, 1.807) is 6.20 Å². The molecule has 2 aliphatic heterocycles. The molecule has 2 N–H and O–H groups in total. The Morgan fingerprint density at radius 1 is 1.11 bits per heavy atom. The third-order valence-corrected chi connectivity index (χ3v) is 6.09. The van der Waals surface area contributed by atoms with Gasteiger partial charge in [0.25, 0.3) is 0 Å². The molecule has 0 spiro atoms. The van der Waals surface area contributed by atoms with Crippen LogP contribution in [-0.4, -0.2) is 39.4 Å². The van der Waals surface area contributed by atoms with Gasteiger partial charge < -0.3 is 19.7 Å². The highest BCUT2D eigenvalue weighted by Gasteiger charge is 2.39. The second-order valence-electron chi connectivity index (χ2n) is 7.61. The van der Waals surface area contributed by atoms with Crippen LogP contribution in [-0.2, 0) is 4.74 Å². The van der Waals surface area contributed by atoms with E-state index in [0.29, 0.717) is 17.1 Å². The maximum absolute atomic E-state index is 10.4. The summed E-state index contributed by atoms with van der Waals surface area (Å²) in [5.41, 5.74) is 3.26. The molecule has 2 unspecified atom stereocenters. The quantitative estimate of drug-likeness (QED) is 0.555. The first kappa shape index (κ1) is 15.9. The lowest BCUT2D eigenvalue weighted by molar-refractivity contribution is 0.105. The SMILES string of the molecule is Oc1[nH]c2ncccc2c1-c1cc2cccc(N3CCC4CCOC43)c2cn1. The van der Waals surface area contributed by atoms with Gasteiger partial charge in [0.05, 0.1) is 11.3 Å². The summed E-state index contributed by atoms with van der Waals surface area (Å²) in [5.74, 6) is 0.733. The minimum absolute atomic E-state index is 0.0958. The number of anilines is 1. The minimum atomic E-state index is 0.0958. The number of aromatic nitrogens is 3. The first-order valence-corrected chi connectivity index (χ1v) is 9.72. The third-order valence-electron chi connectivity index (χ3n) is 6.09. The Hall–Kier alpha value is -3.12. The number of nitrogens with zero attached hydrogens (tertiary/aromatic N) is 3. The van der Waals surface area contributed by atoms with Crippen molar-refractivity contribution in [2.45, 2.75) is 19.1 Å². The summed E-state index contributed by atoms with van der Waals surface area (Å²) >= 11 is 0. The van der Waals surface area contributed by atoms with E-state index in [1.165, 1.54) is 12.1 Å². The zero-order chi connectivity index (χ0) is 18.7. The molecule has 0 bridgehead atoms. The van der Waals surface area contributed by atoms with Crippen LogP contribution in [0.1, 0.15) is 12.8 Å². The molecular formula is C22H20N4O2. The van der Waals surface area contributed by atoms with Crippen molar-refractivity contribution in [1.29, 1.82) is 0 Å². The monoisotopic (exact) mass is 372 g/mol. The van der Waals surface area contributed by atoms with Gasteiger partial charge in [0.2, 0.25) is 0 Å². The molecule has 0 radical (unpaired) electrons. The fraction of sp³-hybridized carbons (Fsp3) is 0.273. The Morgan fingerprint density at radius 3 is 3.04 bits per heavy atom. The topological polar surface area (TPSA) is 74.3 Å². The molecule has 2 saturated heterocycles. The molecule has 5 heterocycles. The summed E-state index contributed by atoms with van der Waals surface area (Å²) in [5, 5.41) is 13.5. The van der Waals surface area contributed by atoms with Crippen molar-refractivity contribution < 1.29 is 9.84 Å². The molecule has 140 valence electrons. The number of hydrogen-bond donors (Lipinski definition) is 2. The average Bonchev–Trinajstić information content (AvgIpc) is 3.40. The average molecular weight is 372 g/mol. The molecule has 6 rings (SSSR count). The minimum Gasteiger partial charge on any atom is -0.494 e. The number of H-pyrrole nitrogens is 1. The highest BCUT2D eigenvalue weighted by atomic mass is 16.5. The summed E-state index contributed by atoms with van der Waals surface area (Å²) in [4.78, 5) is 14.3. The molecule has 6 heteroatoms. The van der Waals surface area contributed by atoms with Gasteiger partial charge in [0.15, 0.2) is 5.88 Å². The molecule has 6 nitrogen and oxygen atoms in total. The van der Waals surface area contributed by atoms with E-state index in [2.05, 4.69) is 33.1 Å². The number of aromatic hydroxyl groups is 1. The Balaban J connectivity index is 1.48. The molecule has 1 aromatic carbocycles.